The third-order valence-electron chi connectivity index (χ3n) is 5.15. The highest BCUT2D eigenvalue weighted by atomic mass is 16.5. The van der Waals surface area contributed by atoms with Gasteiger partial charge >= 0.3 is 0 Å². The second-order valence-corrected chi connectivity index (χ2v) is 7.77. The van der Waals surface area contributed by atoms with Crippen LogP contribution in [0.1, 0.15) is 51.2 Å². The molecular weight excluding hydrogens is 376 g/mol. The third-order valence-corrected chi connectivity index (χ3v) is 5.15. The van der Waals surface area contributed by atoms with Gasteiger partial charge in [0.1, 0.15) is 11.8 Å². The summed E-state index contributed by atoms with van der Waals surface area (Å²) in [5.41, 5.74) is 2.15. The number of para-hydroxylation sites is 1. The molecule has 2 aromatic rings. The van der Waals surface area contributed by atoms with Gasteiger partial charge in [-0.25, -0.2) is 0 Å². The summed E-state index contributed by atoms with van der Waals surface area (Å²) < 4.78 is 5.70. The summed E-state index contributed by atoms with van der Waals surface area (Å²) in [6.45, 7) is 8.69. The van der Waals surface area contributed by atoms with E-state index in [1.165, 1.54) is 0 Å². The first-order valence-electron chi connectivity index (χ1n) is 10.7. The largest absolute Gasteiger partial charge is 0.494 e. The number of hydrogen-bond acceptors (Lipinski definition) is 3. The lowest BCUT2D eigenvalue weighted by Crippen LogP contribution is -2.49. The predicted octanol–water partition coefficient (Wildman–Crippen LogP) is 4.49. The number of amides is 2. The van der Waals surface area contributed by atoms with E-state index in [9.17, 15) is 9.59 Å². The van der Waals surface area contributed by atoms with Gasteiger partial charge in [0.15, 0.2) is 0 Å². The van der Waals surface area contributed by atoms with Crippen molar-refractivity contribution in [2.24, 2.45) is 0 Å². The Balaban J connectivity index is 2.01. The van der Waals surface area contributed by atoms with Crippen LogP contribution in [0.15, 0.2) is 54.6 Å². The van der Waals surface area contributed by atoms with Gasteiger partial charge in [0.2, 0.25) is 11.8 Å². The molecule has 1 N–H and O–H groups in total. The maximum Gasteiger partial charge on any atom is 0.242 e. The van der Waals surface area contributed by atoms with E-state index in [1.807, 2.05) is 69.3 Å². The minimum absolute atomic E-state index is 0.0417. The zero-order valence-electron chi connectivity index (χ0n) is 18.6. The van der Waals surface area contributed by atoms with Gasteiger partial charge in [0.25, 0.3) is 0 Å². The molecular formula is C25H34N2O3. The number of ether oxygens (including phenoxy) is 1. The van der Waals surface area contributed by atoms with Crippen molar-refractivity contribution in [2.75, 3.05) is 6.61 Å². The van der Waals surface area contributed by atoms with E-state index in [-0.39, 0.29) is 17.9 Å². The van der Waals surface area contributed by atoms with Crippen LogP contribution < -0.4 is 10.1 Å². The van der Waals surface area contributed by atoms with Crippen molar-refractivity contribution in [3.63, 3.8) is 0 Å². The molecule has 0 saturated heterocycles. The number of benzene rings is 2. The van der Waals surface area contributed by atoms with E-state index in [1.54, 1.807) is 11.8 Å². The molecule has 2 amide bonds. The van der Waals surface area contributed by atoms with Crippen LogP contribution in [0.25, 0.3) is 0 Å². The first-order valence-corrected chi connectivity index (χ1v) is 10.7. The van der Waals surface area contributed by atoms with Crippen LogP contribution in [0.4, 0.5) is 0 Å². The number of nitrogens with zero attached hydrogens (tertiary/aromatic N) is 1. The van der Waals surface area contributed by atoms with Gasteiger partial charge in [0, 0.05) is 19.0 Å². The number of rotatable bonds is 11. The molecule has 162 valence electrons. The van der Waals surface area contributed by atoms with E-state index in [0.29, 0.717) is 26.0 Å². The van der Waals surface area contributed by atoms with E-state index < -0.39 is 6.04 Å². The van der Waals surface area contributed by atoms with E-state index in [0.717, 1.165) is 23.3 Å². The van der Waals surface area contributed by atoms with Crippen molar-refractivity contribution < 1.29 is 14.3 Å². The zero-order chi connectivity index (χ0) is 21.9. The van der Waals surface area contributed by atoms with Crippen LogP contribution in [0.5, 0.6) is 5.75 Å². The molecule has 0 aliphatic heterocycles. The standard InChI is InChI=1S/C25H34N2O3/c1-5-20(3)26-25(29)21(4)27(18-22-12-9-11-19(2)17-22)24(28)15-10-16-30-23-13-7-6-8-14-23/h6-9,11-14,17,20-21H,5,10,15-16,18H2,1-4H3,(H,26,29). The molecule has 0 bridgehead atoms. The van der Waals surface area contributed by atoms with Crippen molar-refractivity contribution in [3.05, 3.63) is 65.7 Å². The maximum atomic E-state index is 13.0. The van der Waals surface area contributed by atoms with Crippen molar-refractivity contribution >= 4 is 11.8 Å². The van der Waals surface area contributed by atoms with Crippen LogP contribution in [0.3, 0.4) is 0 Å². The van der Waals surface area contributed by atoms with Gasteiger partial charge in [-0.15, -0.1) is 0 Å². The van der Waals surface area contributed by atoms with E-state index >= 15 is 0 Å². The van der Waals surface area contributed by atoms with Crippen LogP contribution >= 0.6 is 0 Å². The first-order chi connectivity index (χ1) is 14.4. The average molecular weight is 411 g/mol. The number of nitrogens with one attached hydrogen (secondary N) is 1. The number of carbonyl (C=O) groups excluding carboxylic acids is 2. The van der Waals surface area contributed by atoms with Crippen LogP contribution in [0.2, 0.25) is 0 Å². The zero-order valence-corrected chi connectivity index (χ0v) is 18.6. The highest BCUT2D eigenvalue weighted by Gasteiger charge is 2.26. The number of hydrogen-bond donors (Lipinski definition) is 1. The SMILES string of the molecule is CCC(C)NC(=O)C(C)N(Cc1cccc(C)c1)C(=O)CCCOc1ccccc1. The normalized spacial score (nSPS) is 12.7. The second-order valence-electron chi connectivity index (χ2n) is 7.77. The van der Waals surface area contributed by atoms with Gasteiger partial charge in [-0.2, -0.15) is 0 Å². The minimum Gasteiger partial charge on any atom is -0.494 e. The van der Waals surface area contributed by atoms with E-state index in [4.69, 9.17) is 4.74 Å². The Morgan fingerprint density at radius 2 is 1.80 bits per heavy atom. The Labute approximate surface area is 180 Å². The third kappa shape index (κ3) is 7.54. The minimum atomic E-state index is -0.540. The number of carbonyl (C=O) groups is 2. The molecule has 0 fully saturated rings. The van der Waals surface area contributed by atoms with Crippen LogP contribution in [-0.2, 0) is 16.1 Å². The summed E-state index contributed by atoms with van der Waals surface area (Å²) in [6.07, 6.45) is 1.78. The van der Waals surface area contributed by atoms with Crippen molar-refractivity contribution in [1.82, 2.24) is 10.2 Å². The molecule has 2 unspecified atom stereocenters. The molecule has 2 rings (SSSR count). The summed E-state index contributed by atoms with van der Waals surface area (Å²) in [4.78, 5) is 27.4. The first kappa shape index (κ1) is 23.5. The maximum absolute atomic E-state index is 13.0. The van der Waals surface area contributed by atoms with Gasteiger partial charge in [-0.3, -0.25) is 9.59 Å². The molecule has 0 aliphatic rings. The molecule has 0 aliphatic carbocycles. The topological polar surface area (TPSA) is 58.6 Å². The summed E-state index contributed by atoms with van der Waals surface area (Å²) in [5.74, 6) is 0.633. The molecule has 5 nitrogen and oxygen atoms in total. The lowest BCUT2D eigenvalue weighted by molar-refractivity contribution is -0.141. The Morgan fingerprint density at radius 1 is 1.07 bits per heavy atom. The van der Waals surface area contributed by atoms with Crippen molar-refractivity contribution in [2.45, 2.75) is 65.6 Å². The Bertz CT molecular complexity index is 807. The summed E-state index contributed by atoms with van der Waals surface area (Å²) in [5, 5.41) is 2.99. The lowest BCUT2D eigenvalue weighted by atomic mass is 10.1. The van der Waals surface area contributed by atoms with Crippen molar-refractivity contribution in [3.8, 4) is 5.75 Å². The summed E-state index contributed by atoms with van der Waals surface area (Å²) in [7, 11) is 0. The molecule has 5 heteroatoms. The molecule has 0 aromatic heterocycles. The summed E-state index contributed by atoms with van der Waals surface area (Å²) >= 11 is 0. The molecule has 0 heterocycles. The molecule has 0 saturated carbocycles. The van der Waals surface area contributed by atoms with Crippen LogP contribution in [-0.4, -0.2) is 35.4 Å². The van der Waals surface area contributed by atoms with Gasteiger partial charge < -0.3 is 15.0 Å². The fourth-order valence-corrected chi connectivity index (χ4v) is 3.13. The molecule has 30 heavy (non-hydrogen) atoms. The lowest BCUT2D eigenvalue weighted by Gasteiger charge is -2.30. The van der Waals surface area contributed by atoms with Gasteiger partial charge in [-0.1, -0.05) is 55.0 Å². The Morgan fingerprint density at radius 3 is 2.47 bits per heavy atom. The average Bonchev–Trinajstić information content (AvgIpc) is 2.75. The molecule has 0 spiro atoms. The molecule has 2 aromatic carbocycles. The fraction of sp³-hybridized carbons (Fsp3) is 0.440. The fourth-order valence-electron chi connectivity index (χ4n) is 3.13. The second kappa shape index (κ2) is 12.0. The highest BCUT2D eigenvalue weighted by molar-refractivity contribution is 5.87. The van der Waals surface area contributed by atoms with Gasteiger partial charge in [0.05, 0.1) is 6.61 Å². The molecule has 2 atom stereocenters. The van der Waals surface area contributed by atoms with Crippen molar-refractivity contribution in [1.29, 1.82) is 0 Å². The van der Waals surface area contributed by atoms with Gasteiger partial charge in [-0.05, 0) is 51.3 Å². The molecule has 0 radical (unpaired) electrons. The summed E-state index contributed by atoms with van der Waals surface area (Å²) in [6, 6.07) is 17.1. The van der Waals surface area contributed by atoms with Crippen LogP contribution in [0, 0.1) is 6.92 Å². The van der Waals surface area contributed by atoms with E-state index in [2.05, 4.69) is 11.4 Å². The Hall–Kier alpha value is -2.82. The number of aryl methyl sites for hydroxylation is 1. The highest BCUT2D eigenvalue weighted by Crippen LogP contribution is 2.14. The quantitative estimate of drug-likeness (QED) is 0.556. The predicted molar refractivity (Wildman–Crippen MR) is 120 cm³/mol. The monoisotopic (exact) mass is 410 g/mol. The smallest absolute Gasteiger partial charge is 0.242 e. The Kier molecular flexibility index (Phi) is 9.39.